The van der Waals surface area contributed by atoms with Gasteiger partial charge in [0, 0.05) is 31.9 Å². The lowest BCUT2D eigenvalue weighted by Gasteiger charge is -2.07. The Morgan fingerprint density at radius 1 is 1.33 bits per heavy atom. The SMILES string of the molecule is CCCNCc1ncnn1CCc1ccnn1C. The molecule has 0 saturated heterocycles. The molecule has 2 rings (SSSR count). The van der Waals surface area contributed by atoms with Crippen molar-refractivity contribution in [3.63, 3.8) is 0 Å². The van der Waals surface area contributed by atoms with Gasteiger partial charge in [0.1, 0.15) is 12.2 Å². The highest BCUT2D eigenvalue weighted by Gasteiger charge is 2.05. The number of hydrogen-bond acceptors (Lipinski definition) is 4. The minimum atomic E-state index is 0.777. The quantitative estimate of drug-likeness (QED) is 0.735. The molecule has 0 bridgehead atoms. The summed E-state index contributed by atoms with van der Waals surface area (Å²) >= 11 is 0. The number of nitrogens with one attached hydrogen (secondary N) is 1. The first-order chi connectivity index (χ1) is 8.81. The smallest absolute Gasteiger partial charge is 0.140 e. The van der Waals surface area contributed by atoms with Crippen LogP contribution in [-0.4, -0.2) is 31.1 Å². The zero-order chi connectivity index (χ0) is 12.8. The summed E-state index contributed by atoms with van der Waals surface area (Å²) in [5.74, 6) is 0.991. The molecule has 2 aromatic rings. The Kier molecular flexibility index (Phi) is 4.46. The predicted molar refractivity (Wildman–Crippen MR) is 68.9 cm³/mol. The average Bonchev–Trinajstić information content (AvgIpc) is 2.96. The summed E-state index contributed by atoms with van der Waals surface area (Å²) in [4.78, 5) is 4.28. The van der Waals surface area contributed by atoms with Gasteiger partial charge in [-0.3, -0.25) is 4.68 Å². The number of hydrogen-bond donors (Lipinski definition) is 1. The first-order valence-corrected chi connectivity index (χ1v) is 6.35. The van der Waals surface area contributed by atoms with Crippen molar-refractivity contribution in [2.45, 2.75) is 32.9 Å². The maximum absolute atomic E-state index is 4.28. The molecule has 0 spiro atoms. The van der Waals surface area contributed by atoms with E-state index in [4.69, 9.17) is 0 Å². The highest BCUT2D eigenvalue weighted by molar-refractivity contribution is 5.00. The summed E-state index contributed by atoms with van der Waals surface area (Å²) in [6.07, 6.45) is 5.48. The molecule has 0 aliphatic rings. The van der Waals surface area contributed by atoms with E-state index in [1.165, 1.54) is 5.69 Å². The summed E-state index contributed by atoms with van der Waals surface area (Å²) in [5.41, 5.74) is 1.21. The van der Waals surface area contributed by atoms with Crippen molar-refractivity contribution in [3.05, 3.63) is 30.1 Å². The van der Waals surface area contributed by atoms with Crippen molar-refractivity contribution in [3.8, 4) is 0 Å². The van der Waals surface area contributed by atoms with E-state index < -0.39 is 0 Å². The highest BCUT2D eigenvalue weighted by atomic mass is 15.3. The maximum Gasteiger partial charge on any atom is 0.140 e. The average molecular weight is 248 g/mol. The molecule has 2 aromatic heterocycles. The lowest BCUT2D eigenvalue weighted by Crippen LogP contribution is -2.19. The third-order valence-corrected chi connectivity index (χ3v) is 2.91. The molecule has 0 radical (unpaired) electrons. The second-order valence-electron chi connectivity index (χ2n) is 4.27. The van der Waals surface area contributed by atoms with Crippen molar-refractivity contribution < 1.29 is 0 Å². The molecule has 2 heterocycles. The predicted octanol–water partition coefficient (Wildman–Crippen LogP) is 0.754. The van der Waals surface area contributed by atoms with Gasteiger partial charge in [0.2, 0.25) is 0 Å². The van der Waals surface area contributed by atoms with E-state index >= 15 is 0 Å². The van der Waals surface area contributed by atoms with Gasteiger partial charge in [0.05, 0.1) is 6.54 Å². The van der Waals surface area contributed by atoms with Gasteiger partial charge in [0.25, 0.3) is 0 Å². The molecule has 0 saturated carbocycles. The minimum Gasteiger partial charge on any atom is -0.310 e. The van der Waals surface area contributed by atoms with E-state index in [-0.39, 0.29) is 0 Å². The topological polar surface area (TPSA) is 60.6 Å². The van der Waals surface area contributed by atoms with Gasteiger partial charge in [-0.05, 0) is 19.0 Å². The first kappa shape index (κ1) is 12.8. The van der Waals surface area contributed by atoms with Crippen LogP contribution >= 0.6 is 0 Å². The lowest BCUT2D eigenvalue weighted by atomic mass is 10.3. The minimum absolute atomic E-state index is 0.777. The Balaban J connectivity index is 1.89. The van der Waals surface area contributed by atoms with E-state index in [1.54, 1.807) is 6.33 Å². The molecular formula is C12H20N6. The van der Waals surface area contributed by atoms with Crippen LogP contribution in [0.15, 0.2) is 18.6 Å². The second-order valence-corrected chi connectivity index (χ2v) is 4.27. The second kappa shape index (κ2) is 6.30. The van der Waals surface area contributed by atoms with Crippen LogP contribution in [0.25, 0.3) is 0 Å². The molecule has 0 amide bonds. The molecule has 0 fully saturated rings. The Morgan fingerprint density at radius 3 is 2.94 bits per heavy atom. The Bertz CT molecular complexity index is 472. The maximum atomic E-state index is 4.28. The van der Waals surface area contributed by atoms with E-state index in [1.807, 2.05) is 28.7 Å². The molecule has 6 heteroatoms. The van der Waals surface area contributed by atoms with Crippen molar-refractivity contribution in [2.75, 3.05) is 6.54 Å². The normalized spacial score (nSPS) is 11.0. The van der Waals surface area contributed by atoms with E-state index in [0.29, 0.717) is 0 Å². The summed E-state index contributed by atoms with van der Waals surface area (Å²) in [6.45, 7) is 4.77. The molecule has 18 heavy (non-hydrogen) atoms. The van der Waals surface area contributed by atoms with E-state index in [2.05, 4.69) is 27.4 Å². The van der Waals surface area contributed by atoms with Gasteiger partial charge in [-0.25, -0.2) is 9.67 Å². The first-order valence-electron chi connectivity index (χ1n) is 6.35. The number of aromatic nitrogens is 5. The third-order valence-electron chi connectivity index (χ3n) is 2.91. The molecule has 0 unspecified atom stereocenters. The van der Waals surface area contributed by atoms with Crippen molar-refractivity contribution in [1.82, 2.24) is 29.9 Å². The zero-order valence-electron chi connectivity index (χ0n) is 11.0. The molecule has 0 aromatic carbocycles. The van der Waals surface area contributed by atoms with Crippen molar-refractivity contribution in [1.29, 1.82) is 0 Å². The molecule has 0 atom stereocenters. The van der Waals surface area contributed by atoms with Crippen LogP contribution < -0.4 is 5.32 Å². The van der Waals surface area contributed by atoms with Crippen molar-refractivity contribution >= 4 is 0 Å². The standard InChI is InChI=1S/C12H20N6/c1-3-6-13-9-12-14-10-16-18(12)8-5-11-4-7-15-17(11)2/h4,7,10,13H,3,5-6,8-9H2,1-2H3. The molecule has 0 aliphatic carbocycles. The monoisotopic (exact) mass is 248 g/mol. The van der Waals surface area contributed by atoms with Crippen LogP contribution in [0, 0.1) is 0 Å². The summed E-state index contributed by atoms with van der Waals surface area (Å²) in [7, 11) is 1.96. The zero-order valence-corrected chi connectivity index (χ0v) is 11.0. The summed E-state index contributed by atoms with van der Waals surface area (Å²) in [5, 5.41) is 11.8. The Labute approximate surface area is 107 Å². The number of aryl methyl sites for hydroxylation is 3. The summed E-state index contributed by atoms with van der Waals surface area (Å²) < 4.78 is 3.85. The fourth-order valence-electron chi connectivity index (χ4n) is 1.86. The van der Waals surface area contributed by atoms with Crippen molar-refractivity contribution in [2.24, 2.45) is 7.05 Å². The van der Waals surface area contributed by atoms with Gasteiger partial charge >= 0.3 is 0 Å². The molecule has 0 aliphatic heterocycles. The highest BCUT2D eigenvalue weighted by Crippen LogP contribution is 2.01. The number of rotatable bonds is 7. The molecule has 1 N–H and O–H groups in total. The van der Waals surface area contributed by atoms with Gasteiger partial charge in [0.15, 0.2) is 0 Å². The van der Waals surface area contributed by atoms with Gasteiger partial charge in [-0.2, -0.15) is 10.2 Å². The fourth-order valence-corrected chi connectivity index (χ4v) is 1.86. The summed E-state index contributed by atoms with van der Waals surface area (Å²) in [6, 6.07) is 2.03. The van der Waals surface area contributed by atoms with Gasteiger partial charge in [-0.15, -0.1) is 0 Å². The molecule has 98 valence electrons. The Hall–Kier alpha value is -1.69. The van der Waals surface area contributed by atoms with Gasteiger partial charge in [-0.1, -0.05) is 6.92 Å². The van der Waals surface area contributed by atoms with Crippen LogP contribution in [0.4, 0.5) is 0 Å². The largest absolute Gasteiger partial charge is 0.310 e. The molecule has 6 nitrogen and oxygen atoms in total. The van der Waals surface area contributed by atoms with Crippen LogP contribution in [0.3, 0.4) is 0 Å². The fraction of sp³-hybridized carbons (Fsp3) is 0.583. The number of nitrogens with zero attached hydrogens (tertiary/aromatic N) is 5. The third kappa shape index (κ3) is 3.16. The van der Waals surface area contributed by atoms with E-state index in [9.17, 15) is 0 Å². The van der Waals surface area contributed by atoms with Crippen LogP contribution in [0.2, 0.25) is 0 Å². The van der Waals surface area contributed by atoms with Crippen LogP contribution in [0.1, 0.15) is 24.9 Å². The van der Waals surface area contributed by atoms with E-state index in [0.717, 1.165) is 38.3 Å². The van der Waals surface area contributed by atoms with Crippen LogP contribution in [-0.2, 0) is 26.6 Å². The Morgan fingerprint density at radius 2 is 2.22 bits per heavy atom. The van der Waals surface area contributed by atoms with Gasteiger partial charge < -0.3 is 5.32 Å². The molecular weight excluding hydrogens is 228 g/mol. The van der Waals surface area contributed by atoms with Crippen LogP contribution in [0.5, 0.6) is 0 Å². The lowest BCUT2D eigenvalue weighted by molar-refractivity contribution is 0.536.